The van der Waals surface area contributed by atoms with Gasteiger partial charge >= 0.3 is 0 Å². The first kappa shape index (κ1) is 9.28. The molecule has 0 spiro atoms. The predicted molar refractivity (Wildman–Crippen MR) is 56.3 cm³/mol. The van der Waals surface area contributed by atoms with Crippen LogP contribution < -0.4 is 0 Å². The van der Waals surface area contributed by atoms with Crippen LogP contribution in [0, 0.1) is 13.8 Å². The molecule has 0 saturated carbocycles. The van der Waals surface area contributed by atoms with Crippen molar-refractivity contribution in [2.75, 3.05) is 0 Å². The first-order valence-corrected chi connectivity index (χ1v) is 4.77. The maximum absolute atomic E-state index is 9.45. The van der Waals surface area contributed by atoms with E-state index in [0.29, 0.717) is 0 Å². The number of benzene rings is 1. The van der Waals surface area contributed by atoms with Crippen molar-refractivity contribution in [3.63, 3.8) is 0 Å². The van der Waals surface area contributed by atoms with Gasteiger partial charge in [-0.3, -0.25) is 0 Å². The van der Waals surface area contributed by atoms with Crippen molar-refractivity contribution in [3.8, 4) is 0 Å². The molecule has 1 aromatic heterocycles. The van der Waals surface area contributed by atoms with Gasteiger partial charge in [0.1, 0.15) is 11.3 Å². The number of hydrogen-bond acceptors (Lipinski definition) is 2. The Morgan fingerprint density at radius 3 is 2.64 bits per heavy atom. The summed E-state index contributed by atoms with van der Waals surface area (Å²) in [6.45, 7) is 5.76. The highest BCUT2D eigenvalue weighted by molar-refractivity contribution is 5.82. The van der Waals surface area contributed by atoms with Crippen molar-refractivity contribution in [3.05, 3.63) is 35.1 Å². The van der Waals surface area contributed by atoms with E-state index >= 15 is 0 Å². The number of rotatable bonds is 1. The second-order valence-electron chi connectivity index (χ2n) is 3.71. The quantitative estimate of drug-likeness (QED) is 0.749. The topological polar surface area (TPSA) is 33.4 Å². The lowest BCUT2D eigenvalue weighted by atomic mass is 10.1. The number of aliphatic hydroxyl groups excluding tert-OH is 1. The Morgan fingerprint density at radius 1 is 1.29 bits per heavy atom. The molecule has 0 fully saturated rings. The van der Waals surface area contributed by atoms with E-state index in [2.05, 4.69) is 0 Å². The molecule has 0 saturated heterocycles. The van der Waals surface area contributed by atoms with E-state index in [-0.39, 0.29) is 0 Å². The van der Waals surface area contributed by atoms with Crippen LogP contribution in [0.2, 0.25) is 0 Å². The van der Waals surface area contributed by atoms with Gasteiger partial charge in [0.05, 0.1) is 6.10 Å². The minimum absolute atomic E-state index is 0.422. The van der Waals surface area contributed by atoms with Gasteiger partial charge < -0.3 is 9.52 Å². The third-order valence-corrected chi connectivity index (χ3v) is 2.68. The van der Waals surface area contributed by atoms with Crippen molar-refractivity contribution in [2.24, 2.45) is 0 Å². The lowest BCUT2D eigenvalue weighted by Crippen LogP contribution is -1.89. The molecular formula is C12H14O2. The van der Waals surface area contributed by atoms with Gasteiger partial charge in [0.15, 0.2) is 0 Å². The number of aryl methyl sites for hydroxylation is 2. The summed E-state index contributed by atoms with van der Waals surface area (Å²) < 4.78 is 5.55. The smallest absolute Gasteiger partial charge is 0.134 e. The zero-order valence-electron chi connectivity index (χ0n) is 8.66. The molecule has 1 unspecified atom stereocenters. The van der Waals surface area contributed by atoms with Crippen molar-refractivity contribution >= 4 is 11.0 Å². The summed E-state index contributed by atoms with van der Waals surface area (Å²) in [6, 6.07) is 5.80. The molecule has 2 heteroatoms. The fourth-order valence-corrected chi connectivity index (χ4v) is 1.62. The minimum atomic E-state index is -0.422. The summed E-state index contributed by atoms with van der Waals surface area (Å²) in [5, 5.41) is 10.5. The summed E-state index contributed by atoms with van der Waals surface area (Å²) in [5.41, 5.74) is 2.98. The van der Waals surface area contributed by atoms with Crippen molar-refractivity contribution in [1.82, 2.24) is 0 Å². The maximum Gasteiger partial charge on any atom is 0.134 e. The van der Waals surface area contributed by atoms with E-state index < -0.39 is 6.10 Å². The molecule has 1 aromatic carbocycles. The van der Waals surface area contributed by atoms with E-state index in [1.165, 1.54) is 0 Å². The summed E-state index contributed by atoms with van der Waals surface area (Å²) in [5.74, 6) is 0.947. The molecule has 0 amide bonds. The van der Waals surface area contributed by atoms with Crippen LogP contribution in [0.1, 0.15) is 29.9 Å². The minimum Gasteiger partial charge on any atom is -0.461 e. The average molecular weight is 190 g/mol. The lowest BCUT2D eigenvalue weighted by Gasteiger charge is -2.03. The monoisotopic (exact) mass is 190 g/mol. The second kappa shape index (κ2) is 3.14. The normalized spacial score (nSPS) is 13.4. The highest BCUT2D eigenvalue weighted by Crippen LogP contribution is 2.27. The molecule has 0 radical (unpaired) electrons. The molecular weight excluding hydrogens is 176 g/mol. The highest BCUT2D eigenvalue weighted by atomic mass is 16.3. The van der Waals surface area contributed by atoms with E-state index in [1.54, 1.807) is 6.92 Å². The van der Waals surface area contributed by atoms with Crippen LogP contribution in [0.25, 0.3) is 11.0 Å². The molecule has 74 valence electrons. The first-order chi connectivity index (χ1) is 6.59. The van der Waals surface area contributed by atoms with Crippen LogP contribution in [-0.4, -0.2) is 5.11 Å². The van der Waals surface area contributed by atoms with Gasteiger partial charge in [0.25, 0.3) is 0 Å². The Bertz CT molecular complexity index is 466. The van der Waals surface area contributed by atoms with Gasteiger partial charge in [-0.1, -0.05) is 6.07 Å². The molecule has 1 atom stereocenters. The molecule has 0 aliphatic carbocycles. The third kappa shape index (κ3) is 1.32. The highest BCUT2D eigenvalue weighted by Gasteiger charge is 2.08. The van der Waals surface area contributed by atoms with E-state index in [4.69, 9.17) is 4.42 Å². The summed E-state index contributed by atoms with van der Waals surface area (Å²) in [6.07, 6.45) is -0.422. The first-order valence-electron chi connectivity index (χ1n) is 4.77. The number of furan rings is 1. The molecule has 14 heavy (non-hydrogen) atoms. The fourth-order valence-electron chi connectivity index (χ4n) is 1.62. The van der Waals surface area contributed by atoms with E-state index in [1.807, 2.05) is 32.0 Å². The molecule has 1 heterocycles. The Hall–Kier alpha value is -1.28. The lowest BCUT2D eigenvalue weighted by molar-refractivity contribution is 0.199. The van der Waals surface area contributed by atoms with Crippen molar-refractivity contribution in [1.29, 1.82) is 0 Å². The number of hydrogen-bond donors (Lipinski definition) is 1. The number of aliphatic hydroxyl groups is 1. The Morgan fingerprint density at radius 2 is 2.00 bits per heavy atom. The van der Waals surface area contributed by atoms with Crippen LogP contribution in [-0.2, 0) is 0 Å². The Kier molecular flexibility index (Phi) is 2.08. The van der Waals surface area contributed by atoms with Gasteiger partial charge in [0.2, 0.25) is 0 Å². The van der Waals surface area contributed by atoms with Crippen LogP contribution in [0.3, 0.4) is 0 Å². The average Bonchev–Trinajstić information content (AvgIpc) is 2.43. The maximum atomic E-state index is 9.45. The Balaban J connectivity index is 2.69. The molecule has 0 aliphatic heterocycles. The molecule has 2 nitrogen and oxygen atoms in total. The zero-order chi connectivity index (χ0) is 10.3. The van der Waals surface area contributed by atoms with E-state index in [9.17, 15) is 5.11 Å². The predicted octanol–water partition coefficient (Wildman–Crippen LogP) is 3.10. The molecule has 2 aromatic rings. The molecule has 0 aliphatic rings. The van der Waals surface area contributed by atoms with Gasteiger partial charge in [0, 0.05) is 5.39 Å². The van der Waals surface area contributed by atoms with E-state index in [0.717, 1.165) is 27.9 Å². The Labute approximate surface area is 83.2 Å². The van der Waals surface area contributed by atoms with Crippen molar-refractivity contribution < 1.29 is 9.52 Å². The summed E-state index contributed by atoms with van der Waals surface area (Å²) >= 11 is 0. The molecule has 2 rings (SSSR count). The summed E-state index contributed by atoms with van der Waals surface area (Å²) in [7, 11) is 0. The third-order valence-electron chi connectivity index (χ3n) is 2.68. The summed E-state index contributed by atoms with van der Waals surface area (Å²) in [4.78, 5) is 0. The van der Waals surface area contributed by atoms with Crippen LogP contribution >= 0.6 is 0 Å². The van der Waals surface area contributed by atoms with Crippen molar-refractivity contribution in [2.45, 2.75) is 26.9 Å². The number of fused-ring (bicyclic) bond motifs is 1. The molecule has 1 N–H and O–H groups in total. The van der Waals surface area contributed by atoms with Crippen LogP contribution in [0.4, 0.5) is 0 Å². The van der Waals surface area contributed by atoms with Crippen LogP contribution in [0.15, 0.2) is 22.6 Å². The van der Waals surface area contributed by atoms with Gasteiger partial charge in [-0.15, -0.1) is 0 Å². The van der Waals surface area contributed by atoms with Gasteiger partial charge in [-0.2, -0.15) is 0 Å². The standard InChI is InChI=1S/C12H14O2/c1-7-9(3)14-12-5-4-10(8(2)13)6-11(7)12/h4-6,8,13H,1-3H3. The van der Waals surface area contributed by atoms with Gasteiger partial charge in [-0.25, -0.2) is 0 Å². The fraction of sp³-hybridized carbons (Fsp3) is 0.333. The SMILES string of the molecule is Cc1oc2ccc(C(C)O)cc2c1C. The largest absolute Gasteiger partial charge is 0.461 e. The van der Waals surface area contributed by atoms with Crippen LogP contribution in [0.5, 0.6) is 0 Å². The zero-order valence-corrected chi connectivity index (χ0v) is 8.66. The van der Waals surface area contributed by atoms with Gasteiger partial charge in [-0.05, 0) is 44.0 Å². The molecule has 0 bridgehead atoms. The second-order valence-corrected chi connectivity index (χ2v) is 3.71.